The highest BCUT2D eigenvalue weighted by molar-refractivity contribution is 7.10. The molecule has 1 aliphatic heterocycles. The first-order chi connectivity index (χ1) is 12.7. The highest BCUT2D eigenvalue weighted by Crippen LogP contribution is 2.45. The van der Waals surface area contributed by atoms with Crippen LogP contribution < -0.4 is 4.90 Å². The lowest BCUT2D eigenvalue weighted by Gasteiger charge is -2.27. The van der Waals surface area contributed by atoms with Gasteiger partial charge in [-0.3, -0.25) is 14.5 Å². The standard InChI is InChI=1S/C19H16F3NO3S/c1-3-13(24)14-15(17-10(2)7-8-27-17)23(18(26)16(14)25)12-6-4-5-11(9-12)19(20,21)22/h4-9,15,25H,3H2,1-2H3. The highest BCUT2D eigenvalue weighted by atomic mass is 32.1. The van der Waals surface area contributed by atoms with Crippen molar-refractivity contribution in [2.75, 3.05) is 4.90 Å². The molecule has 1 unspecified atom stereocenters. The number of nitrogens with zero attached hydrogens (tertiary/aromatic N) is 1. The van der Waals surface area contributed by atoms with Crippen molar-refractivity contribution in [1.29, 1.82) is 0 Å². The number of benzene rings is 1. The third-order valence-electron chi connectivity index (χ3n) is 4.43. The van der Waals surface area contributed by atoms with Crippen LogP contribution in [0.5, 0.6) is 0 Å². The molecule has 2 heterocycles. The molecule has 2 aromatic rings. The largest absolute Gasteiger partial charge is 0.503 e. The van der Waals surface area contributed by atoms with E-state index in [1.165, 1.54) is 23.5 Å². The summed E-state index contributed by atoms with van der Waals surface area (Å²) in [7, 11) is 0. The lowest BCUT2D eigenvalue weighted by atomic mass is 9.98. The van der Waals surface area contributed by atoms with E-state index in [1.807, 2.05) is 0 Å². The molecule has 0 saturated heterocycles. The molecule has 0 radical (unpaired) electrons. The Labute approximate surface area is 157 Å². The fourth-order valence-electron chi connectivity index (χ4n) is 3.09. The molecule has 1 N–H and O–H groups in total. The molecule has 0 bridgehead atoms. The quantitative estimate of drug-likeness (QED) is 0.797. The Kier molecular flexibility index (Phi) is 4.86. The van der Waals surface area contributed by atoms with Crippen LogP contribution in [0, 0.1) is 6.92 Å². The van der Waals surface area contributed by atoms with Gasteiger partial charge < -0.3 is 5.11 Å². The molecule has 0 fully saturated rings. The average molecular weight is 395 g/mol. The lowest BCUT2D eigenvalue weighted by molar-refractivity contribution is -0.137. The van der Waals surface area contributed by atoms with Crippen molar-refractivity contribution in [2.45, 2.75) is 32.5 Å². The number of hydrogen-bond acceptors (Lipinski definition) is 4. The smallest absolute Gasteiger partial charge is 0.416 e. The van der Waals surface area contributed by atoms with Gasteiger partial charge in [0, 0.05) is 17.0 Å². The molecule has 0 saturated carbocycles. The van der Waals surface area contributed by atoms with Crippen molar-refractivity contribution < 1.29 is 27.9 Å². The first-order valence-corrected chi connectivity index (χ1v) is 9.06. The number of aliphatic hydroxyl groups is 1. The first kappa shape index (κ1) is 19.2. The van der Waals surface area contributed by atoms with Crippen molar-refractivity contribution >= 4 is 28.7 Å². The van der Waals surface area contributed by atoms with Gasteiger partial charge in [0.15, 0.2) is 11.5 Å². The molecular formula is C19H16F3NO3S. The molecule has 1 aromatic carbocycles. The van der Waals surface area contributed by atoms with E-state index in [0.717, 1.165) is 22.6 Å². The van der Waals surface area contributed by atoms with Crippen LogP contribution in [-0.2, 0) is 15.8 Å². The van der Waals surface area contributed by atoms with Gasteiger partial charge >= 0.3 is 6.18 Å². The Hall–Kier alpha value is -2.61. The summed E-state index contributed by atoms with van der Waals surface area (Å²) in [5.74, 6) is -2.02. The van der Waals surface area contributed by atoms with Crippen LogP contribution in [0.15, 0.2) is 47.0 Å². The van der Waals surface area contributed by atoms with E-state index in [-0.39, 0.29) is 17.7 Å². The monoisotopic (exact) mass is 395 g/mol. The third-order valence-corrected chi connectivity index (χ3v) is 5.50. The molecule has 1 aliphatic rings. The predicted molar refractivity (Wildman–Crippen MR) is 95.7 cm³/mol. The molecule has 1 amide bonds. The number of amides is 1. The predicted octanol–water partition coefficient (Wildman–Crippen LogP) is 4.95. The van der Waals surface area contributed by atoms with E-state index >= 15 is 0 Å². The van der Waals surface area contributed by atoms with Crippen LogP contribution in [0.2, 0.25) is 0 Å². The van der Waals surface area contributed by atoms with Gasteiger partial charge in [-0.15, -0.1) is 11.3 Å². The van der Waals surface area contributed by atoms with Crippen LogP contribution in [0.1, 0.15) is 35.4 Å². The van der Waals surface area contributed by atoms with Gasteiger partial charge in [0.1, 0.15) is 6.04 Å². The molecule has 0 spiro atoms. The molecular weight excluding hydrogens is 379 g/mol. The van der Waals surface area contributed by atoms with Gasteiger partial charge in [0.25, 0.3) is 5.91 Å². The highest BCUT2D eigenvalue weighted by Gasteiger charge is 2.45. The minimum atomic E-state index is -4.58. The first-order valence-electron chi connectivity index (χ1n) is 8.18. The van der Waals surface area contributed by atoms with Gasteiger partial charge in [-0.2, -0.15) is 13.2 Å². The van der Waals surface area contributed by atoms with Crippen molar-refractivity contribution in [3.63, 3.8) is 0 Å². The zero-order valence-corrected chi connectivity index (χ0v) is 15.3. The zero-order valence-electron chi connectivity index (χ0n) is 14.5. The fourth-order valence-corrected chi connectivity index (χ4v) is 4.12. The molecule has 1 atom stereocenters. The SMILES string of the molecule is CCC(=O)C1=C(O)C(=O)N(c2cccc(C(F)(F)F)c2)C1c1sccc1C. The maximum Gasteiger partial charge on any atom is 0.416 e. The molecule has 8 heteroatoms. The number of rotatable bonds is 4. The van der Waals surface area contributed by atoms with Crippen molar-refractivity contribution in [3.05, 3.63) is 63.0 Å². The average Bonchev–Trinajstić information content (AvgIpc) is 3.15. The molecule has 4 nitrogen and oxygen atoms in total. The van der Waals surface area contributed by atoms with E-state index in [4.69, 9.17) is 0 Å². The number of alkyl halides is 3. The second-order valence-corrected chi connectivity index (χ2v) is 7.08. The Bertz CT molecular complexity index is 946. The number of aryl methyl sites for hydroxylation is 1. The summed E-state index contributed by atoms with van der Waals surface area (Å²) in [5.41, 5.74) is -0.237. The van der Waals surface area contributed by atoms with Crippen LogP contribution in [0.4, 0.5) is 18.9 Å². The summed E-state index contributed by atoms with van der Waals surface area (Å²) < 4.78 is 39.3. The maximum atomic E-state index is 13.1. The Morgan fingerprint density at radius 3 is 2.56 bits per heavy atom. The van der Waals surface area contributed by atoms with E-state index in [0.29, 0.717) is 4.88 Å². The van der Waals surface area contributed by atoms with E-state index in [9.17, 15) is 27.9 Å². The van der Waals surface area contributed by atoms with Crippen LogP contribution >= 0.6 is 11.3 Å². The summed E-state index contributed by atoms with van der Waals surface area (Å²) in [5, 5.41) is 12.1. The van der Waals surface area contributed by atoms with Gasteiger partial charge in [-0.05, 0) is 42.1 Å². The summed E-state index contributed by atoms with van der Waals surface area (Å²) in [6.45, 7) is 3.38. The number of thiophene rings is 1. The third kappa shape index (κ3) is 3.25. The van der Waals surface area contributed by atoms with E-state index < -0.39 is 35.2 Å². The number of carbonyl (C=O) groups is 2. The van der Waals surface area contributed by atoms with Crippen LogP contribution in [-0.4, -0.2) is 16.8 Å². The lowest BCUT2D eigenvalue weighted by Crippen LogP contribution is -2.31. The maximum absolute atomic E-state index is 13.1. The van der Waals surface area contributed by atoms with Gasteiger partial charge in [0.2, 0.25) is 0 Å². The minimum Gasteiger partial charge on any atom is -0.503 e. The summed E-state index contributed by atoms with van der Waals surface area (Å²) in [6.07, 6.45) is -4.52. The summed E-state index contributed by atoms with van der Waals surface area (Å²) in [6, 6.07) is 5.14. The fraction of sp³-hybridized carbons (Fsp3) is 0.263. The molecule has 142 valence electrons. The minimum absolute atomic E-state index is 0.0296. The molecule has 1 aromatic heterocycles. The molecule has 0 aliphatic carbocycles. The number of hydrogen-bond donors (Lipinski definition) is 1. The Morgan fingerprint density at radius 2 is 2.00 bits per heavy atom. The van der Waals surface area contributed by atoms with E-state index in [1.54, 1.807) is 25.3 Å². The van der Waals surface area contributed by atoms with Gasteiger partial charge in [-0.1, -0.05) is 13.0 Å². The van der Waals surface area contributed by atoms with Gasteiger partial charge in [-0.25, -0.2) is 0 Å². The number of anilines is 1. The summed E-state index contributed by atoms with van der Waals surface area (Å²) in [4.78, 5) is 26.8. The zero-order chi connectivity index (χ0) is 19.9. The summed E-state index contributed by atoms with van der Waals surface area (Å²) >= 11 is 1.28. The van der Waals surface area contributed by atoms with Crippen molar-refractivity contribution in [3.8, 4) is 0 Å². The number of aliphatic hydroxyl groups excluding tert-OH is 1. The normalized spacial score (nSPS) is 17.7. The Morgan fingerprint density at radius 1 is 1.30 bits per heavy atom. The Balaban J connectivity index is 2.19. The van der Waals surface area contributed by atoms with Crippen molar-refractivity contribution in [2.24, 2.45) is 0 Å². The van der Waals surface area contributed by atoms with E-state index in [2.05, 4.69) is 0 Å². The number of carbonyl (C=O) groups excluding carboxylic acids is 2. The second-order valence-electron chi connectivity index (χ2n) is 6.13. The number of Topliss-reactive ketones (excluding diaryl/α,β-unsaturated/α-hetero) is 1. The molecule has 27 heavy (non-hydrogen) atoms. The number of ketones is 1. The van der Waals surface area contributed by atoms with Crippen LogP contribution in [0.25, 0.3) is 0 Å². The van der Waals surface area contributed by atoms with Gasteiger partial charge in [0.05, 0.1) is 11.1 Å². The molecule has 3 rings (SSSR count). The number of halogens is 3. The topological polar surface area (TPSA) is 57.6 Å². The second kappa shape index (κ2) is 6.84. The van der Waals surface area contributed by atoms with Crippen LogP contribution in [0.3, 0.4) is 0 Å². The van der Waals surface area contributed by atoms with Crippen molar-refractivity contribution in [1.82, 2.24) is 0 Å².